The van der Waals surface area contributed by atoms with Gasteiger partial charge in [0.05, 0.1) is 24.6 Å². The van der Waals surface area contributed by atoms with Crippen molar-refractivity contribution < 1.29 is 14.2 Å². The molecule has 1 N–H and O–H groups in total. The lowest BCUT2D eigenvalue weighted by atomic mass is 9.90. The van der Waals surface area contributed by atoms with E-state index in [1.54, 1.807) is 0 Å². The number of benzene rings is 2. The molecule has 2 aromatic carbocycles. The average molecular weight is 474 g/mol. The van der Waals surface area contributed by atoms with Crippen molar-refractivity contribution in [2.45, 2.75) is 12.8 Å². The zero-order valence-corrected chi connectivity index (χ0v) is 20.1. The Hall–Kier alpha value is -3.36. The summed E-state index contributed by atoms with van der Waals surface area (Å²) in [6.07, 6.45) is 3.86. The molecule has 3 aromatic rings. The normalized spacial score (nSPS) is 18.3. The van der Waals surface area contributed by atoms with Crippen LogP contribution >= 0.6 is 0 Å². The van der Waals surface area contributed by atoms with E-state index < -0.39 is 0 Å². The molecule has 1 aromatic heterocycles. The van der Waals surface area contributed by atoms with E-state index >= 15 is 0 Å². The summed E-state index contributed by atoms with van der Waals surface area (Å²) in [7, 11) is 2.16. The smallest absolute Gasteiger partial charge is 0.227 e. The molecule has 3 aliphatic rings. The second-order valence-electron chi connectivity index (χ2n) is 9.29. The van der Waals surface area contributed by atoms with Crippen molar-refractivity contribution in [3.05, 3.63) is 53.7 Å². The molecule has 0 unspecified atom stereocenters. The van der Waals surface area contributed by atoms with Gasteiger partial charge in [-0.3, -0.25) is 0 Å². The fraction of sp³-hybridized carbons (Fsp3) is 0.407. The van der Waals surface area contributed by atoms with E-state index in [1.165, 1.54) is 5.56 Å². The summed E-state index contributed by atoms with van der Waals surface area (Å²) < 4.78 is 18.0. The molecular weight excluding hydrogens is 442 g/mol. The predicted molar refractivity (Wildman–Crippen MR) is 136 cm³/mol. The average Bonchev–Trinajstić information content (AvgIpc) is 2.88. The molecule has 1 aliphatic carbocycles. The van der Waals surface area contributed by atoms with Crippen LogP contribution < -0.4 is 19.7 Å². The van der Waals surface area contributed by atoms with Gasteiger partial charge in [0.25, 0.3) is 0 Å². The largest absolute Gasteiger partial charge is 0.491 e. The molecular formula is C27H31N5O3. The molecule has 1 fully saturated rings. The van der Waals surface area contributed by atoms with Gasteiger partial charge in [0.2, 0.25) is 5.95 Å². The summed E-state index contributed by atoms with van der Waals surface area (Å²) in [4.78, 5) is 14.3. The van der Waals surface area contributed by atoms with Crippen LogP contribution in [-0.2, 0) is 17.6 Å². The quantitative estimate of drug-likeness (QED) is 0.576. The molecule has 0 amide bonds. The number of piperazine rings is 1. The van der Waals surface area contributed by atoms with E-state index in [2.05, 4.69) is 51.4 Å². The molecule has 8 heteroatoms. The number of aryl methyl sites for hydroxylation is 2. The minimum absolute atomic E-state index is 0.471. The molecule has 35 heavy (non-hydrogen) atoms. The molecule has 6 rings (SSSR count). The monoisotopic (exact) mass is 473 g/mol. The number of aromatic nitrogens is 2. The Bertz CT molecular complexity index is 1210. The number of anilines is 3. The van der Waals surface area contributed by atoms with E-state index in [1.807, 2.05) is 18.3 Å². The Labute approximate surface area is 205 Å². The summed E-state index contributed by atoms with van der Waals surface area (Å²) in [6, 6.07) is 12.5. The van der Waals surface area contributed by atoms with Gasteiger partial charge in [0, 0.05) is 49.7 Å². The summed E-state index contributed by atoms with van der Waals surface area (Å²) in [5.41, 5.74) is 6.55. The number of rotatable bonds is 1. The lowest BCUT2D eigenvalue weighted by molar-refractivity contribution is 0.0765. The van der Waals surface area contributed by atoms with Crippen LogP contribution in [0.4, 0.5) is 17.3 Å². The molecule has 0 saturated carbocycles. The number of nitrogens with one attached hydrogen (secondary N) is 1. The molecule has 1 saturated heterocycles. The molecule has 0 spiro atoms. The maximum absolute atomic E-state index is 6.22. The number of hydrogen-bond donors (Lipinski definition) is 1. The fourth-order valence-corrected chi connectivity index (χ4v) is 4.91. The summed E-state index contributed by atoms with van der Waals surface area (Å²) >= 11 is 0. The third-order valence-corrected chi connectivity index (χ3v) is 6.91. The Balaban J connectivity index is 1.35. The molecule has 6 bridgehead atoms. The third kappa shape index (κ3) is 4.76. The highest BCUT2D eigenvalue weighted by Crippen LogP contribution is 2.36. The molecule has 0 radical (unpaired) electrons. The highest BCUT2D eigenvalue weighted by atomic mass is 16.5. The first-order chi connectivity index (χ1) is 17.2. The van der Waals surface area contributed by atoms with Crippen LogP contribution in [-0.4, -0.2) is 74.5 Å². The van der Waals surface area contributed by atoms with Gasteiger partial charge in [0.15, 0.2) is 0 Å². The standard InChI is InChI=1S/C27H31N5O3/c1-31-8-10-32(11-9-31)24-7-5-21-16-25(24)35-15-13-33-12-14-34-22-6-4-19-2-3-20-18-28-27(29-21)30-26(20)23(19)17-22/h4-7,16-18H,2-3,8-15H2,1H3,(H,28,29,30). The molecule has 0 atom stereocenters. The Morgan fingerprint density at radius 2 is 1.69 bits per heavy atom. The van der Waals surface area contributed by atoms with E-state index in [4.69, 9.17) is 19.2 Å². The Kier molecular flexibility index (Phi) is 6.14. The number of likely N-dealkylation sites (N-methyl/N-ethyl adjacent to an activating group) is 1. The van der Waals surface area contributed by atoms with E-state index in [0.717, 1.165) is 78.7 Å². The van der Waals surface area contributed by atoms with E-state index in [9.17, 15) is 0 Å². The van der Waals surface area contributed by atoms with Crippen LogP contribution in [0.25, 0.3) is 11.3 Å². The first-order valence-electron chi connectivity index (χ1n) is 12.4. The zero-order valence-electron chi connectivity index (χ0n) is 20.1. The van der Waals surface area contributed by atoms with E-state index in [-0.39, 0.29) is 0 Å². The number of ether oxygens (including phenoxy) is 3. The van der Waals surface area contributed by atoms with Gasteiger partial charge in [-0.2, -0.15) is 0 Å². The van der Waals surface area contributed by atoms with Gasteiger partial charge < -0.3 is 29.3 Å². The number of hydrogen-bond acceptors (Lipinski definition) is 8. The predicted octanol–water partition coefficient (Wildman–Crippen LogP) is 3.53. The van der Waals surface area contributed by atoms with Crippen molar-refractivity contribution in [1.29, 1.82) is 0 Å². The summed E-state index contributed by atoms with van der Waals surface area (Å²) in [6.45, 7) is 5.99. The number of nitrogens with zero attached hydrogens (tertiary/aromatic N) is 4. The Morgan fingerprint density at radius 1 is 0.857 bits per heavy atom. The van der Waals surface area contributed by atoms with Crippen LogP contribution in [0.1, 0.15) is 11.1 Å². The Morgan fingerprint density at radius 3 is 2.57 bits per heavy atom. The second kappa shape index (κ2) is 9.71. The second-order valence-corrected chi connectivity index (χ2v) is 9.29. The van der Waals surface area contributed by atoms with E-state index in [0.29, 0.717) is 32.4 Å². The van der Waals surface area contributed by atoms with Gasteiger partial charge in [-0.15, -0.1) is 0 Å². The zero-order chi connectivity index (χ0) is 23.6. The van der Waals surface area contributed by atoms with Gasteiger partial charge in [-0.1, -0.05) is 6.07 Å². The van der Waals surface area contributed by atoms with Crippen LogP contribution in [0, 0.1) is 0 Å². The van der Waals surface area contributed by atoms with Crippen LogP contribution in [0.15, 0.2) is 42.6 Å². The van der Waals surface area contributed by atoms with Crippen molar-refractivity contribution in [1.82, 2.24) is 14.9 Å². The summed E-state index contributed by atoms with van der Waals surface area (Å²) in [5.74, 6) is 2.25. The van der Waals surface area contributed by atoms with Crippen LogP contribution in [0.5, 0.6) is 11.5 Å². The van der Waals surface area contributed by atoms with Crippen molar-refractivity contribution in [2.24, 2.45) is 0 Å². The minimum atomic E-state index is 0.471. The van der Waals surface area contributed by atoms with Crippen molar-refractivity contribution in [2.75, 3.05) is 69.9 Å². The maximum atomic E-state index is 6.22. The molecule has 2 aliphatic heterocycles. The molecule has 3 heterocycles. The van der Waals surface area contributed by atoms with Gasteiger partial charge >= 0.3 is 0 Å². The SMILES string of the molecule is CN1CCN(c2ccc3cc2OCCOCCOc2ccc4c(c2)-c2nc(ncc2CC4)N3)CC1. The van der Waals surface area contributed by atoms with Crippen molar-refractivity contribution in [3.63, 3.8) is 0 Å². The first-order valence-corrected chi connectivity index (χ1v) is 12.4. The fourth-order valence-electron chi connectivity index (χ4n) is 4.91. The first kappa shape index (κ1) is 22.1. The maximum Gasteiger partial charge on any atom is 0.227 e. The van der Waals surface area contributed by atoms with Crippen LogP contribution in [0.2, 0.25) is 0 Å². The lowest BCUT2D eigenvalue weighted by Crippen LogP contribution is -2.44. The van der Waals surface area contributed by atoms with Gasteiger partial charge in [-0.25, -0.2) is 9.97 Å². The van der Waals surface area contributed by atoms with Crippen molar-refractivity contribution >= 4 is 17.3 Å². The lowest BCUT2D eigenvalue weighted by Gasteiger charge is -2.35. The highest BCUT2D eigenvalue weighted by Gasteiger charge is 2.21. The van der Waals surface area contributed by atoms with Gasteiger partial charge in [0.1, 0.15) is 24.7 Å². The third-order valence-electron chi connectivity index (χ3n) is 6.91. The molecule has 8 nitrogen and oxygen atoms in total. The minimum Gasteiger partial charge on any atom is -0.491 e. The number of fused-ring (bicyclic) bond motifs is 4. The van der Waals surface area contributed by atoms with Crippen LogP contribution in [0.3, 0.4) is 0 Å². The topological polar surface area (TPSA) is 72.0 Å². The highest BCUT2D eigenvalue weighted by molar-refractivity contribution is 5.73. The summed E-state index contributed by atoms with van der Waals surface area (Å²) in [5, 5.41) is 3.40. The van der Waals surface area contributed by atoms with Crippen molar-refractivity contribution in [3.8, 4) is 22.8 Å². The molecule has 182 valence electrons. The van der Waals surface area contributed by atoms with Gasteiger partial charge in [-0.05, 0) is 55.3 Å².